The van der Waals surface area contributed by atoms with Crippen molar-refractivity contribution in [3.8, 4) is 0 Å². The van der Waals surface area contributed by atoms with Gasteiger partial charge in [0.15, 0.2) is 0 Å². The van der Waals surface area contributed by atoms with Gasteiger partial charge in [0, 0.05) is 57.8 Å². The van der Waals surface area contributed by atoms with Crippen LogP contribution in [0.3, 0.4) is 0 Å². The van der Waals surface area contributed by atoms with Crippen molar-refractivity contribution in [3.63, 3.8) is 0 Å². The first kappa shape index (κ1) is 22.3. The molecule has 184 valence electrons. The zero-order chi connectivity index (χ0) is 23.4. The Bertz CT molecular complexity index is 875. The summed E-state index contributed by atoms with van der Waals surface area (Å²) in [6.45, 7) is 1.24. The van der Waals surface area contributed by atoms with Crippen LogP contribution < -0.4 is 0 Å². The number of fused-ring (bicyclic) bond motifs is 1. The third kappa shape index (κ3) is 2.08. The Morgan fingerprint density at radius 3 is 2.52 bits per heavy atom. The van der Waals surface area contributed by atoms with Gasteiger partial charge in [0.05, 0.1) is 25.2 Å². The second kappa shape index (κ2) is 6.94. The summed E-state index contributed by atoms with van der Waals surface area (Å²) in [5.41, 5.74) is -0.948. The van der Waals surface area contributed by atoms with E-state index in [1.165, 1.54) is 7.11 Å². The molecule has 1 saturated heterocycles. The molecule has 8 nitrogen and oxygen atoms in total. The van der Waals surface area contributed by atoms with Gasteiger partial charge in [0.1, 0.15) is 6.10 Å². The number of methoxy groups -OCH3 is 5. The van der Waals surface area contributed by atoms with Crippen LogP contribution in [0.2, 0.25) is 0 Å². The number of hydrogen-bond donors (Lipinski definition) is 1. The molecule has 7 rings (SSSR count). The van der Waals surface area contributed by atoms with Crippen LogP contribution in [0.1, 0.15) is 25.7 Å². The van der Waals surface area contributed by atoms with Crippen molar-refractivity contribution in [1.82, 2.24) is 4.90 Å². The van der Waals surface area contributed by atoms with Gasteiger partial charge < -0.3 is 33.7 Å². The molecule has 10 atom stereocenters. The summed E-state index contributed by atoms with van der Waals surface area (Å²) in [5.74, 6) is -0.627. The lowest BCUT2D eigenvalue weighted by Crippen LogP contribution is -2.74. The lowest BCUT2D eigenvalue weighted by molar-refractivity contribution is -0.366. The quantitative estimate of drug-likeness (QED) is 0.493. The van der Waals surface area contributed by atoms with Gasteiger partial charge in [-0.25, -0.2) is 4.79 Å². The highest BCUT2D eigenvalue weighted by Crippen LogP contribution is 2.84. The first-order chi connectivity index (χ1) is 15.9. The molecular weight excluding hydrogens is 426 g/mol. The van der Waals surface area contributed by atoms with Crippen molar-refractivity contribution < 1.29 is 33.6 Å². The standard InChI is InChI=1S/C25H37NO7/c1-29-13-22-8-7-18(30-2)24-16(22)11-15(19(24)26(12-22)21(28)31-3)23-9-6-14(10-17(23)24)20(27)25(23,32-4)33-5/h6,9,14-20,27H,7-8,10-13H2,1-5H3/t14?,15-,16+,17?,18?,19?,20-,22?,23-,24?/m0/s1. The Kier molecular flexibility index (Phi) is 4.69. The summed E-state index contributed by atoms with van der Waals surface area (Å²) in [6.07, 6.45) is 7.05. The predicted molar refractivity (Wildman–Crippen MR) is 117 cm³/mol. The number of amides is 1. The predicted octanol–water partition coefficient (Wildman–Crippen LogP) is 2.06. The summed E-state index contributed by atoms with van der Waals surface area (Å²) in [5, 5.41) is 11.5. The van der Waals surface area contributed by atoms with E-state index in [2.05, 4.69) is 12.2 Å². The van der Waals surface area contributed by atoms with Crippen LogP contribution in [0.5, 0.6) is 0 Å². The van der Waals surface area contributed by atoms with E-state index in [4.69, 9.17) is 23.7 Å². The van der Waals surface area contributed by atoms with Crippen LogP contribution in [0.25, 0.3) is 0 Å². The fourth-order valence-corrected chi connectivity index (χ4v) is 10.6. The second-order valence-corrected chi connectivity index (χ2v) is 11.3. The molecule has 7 bridgehead atoms. The SMILES string of the molecule is COCC12CCC(OC)C34C([C@H](C[C@H]13)[C@@]13C=CC(CC41)[C@H](O)C3(OC)OC)N(C(=O)OC)C2. The summed E-state index contributed by atoms with van der Waals surface area (Å²) in [7, 11) is 8.32. The van der Waals surface area contributed by atoms with Crippen LogP contribution in [0, 0.1) is 39.9 Å². The van der Waals surface area contributed by atoms with Gasteiger partial charge in [-0.05, 0) is 43.4 Å². The van der Waals surface area contributed by atoms with Crippen LogP contribution in [0.4, 0.5) is 4.79 Å². The lowest BCUT2D eigenvalue weighted by atomic mass is 9.40. The fourth-order valence-electron chi connectivity index (χ4n) is 10.6. The average molecular weight is 464 g/mol. The van der Waals surface area contributed by atoms with Gasteiger partial charge >= 0.3 is 6.09 Å². The van der Waals surface area contributed by atoms with Crippen LogP contribution in [-0.4, -0.2) is 88.8 Å². The zero-order valence-electron chi connectivity index (χ0n) is 20.3. The summed E-state index contributed by atoms with van der Waals surface area (Å²) >= 11 is 0. The molecule has 0 radical (unpaired) electrons. The Morgan fingerprint density at radius 1 is 1.12 bits per heavy atom. The van der Waals surface area contributed by atoms with E-state index in [1.54, 1.807) is 21.3 Å². The number of carbonyl (C=O) groups is 1. The van der Waals surface area contributed by atoms with Crippen LogP contribution >= 0.6 is 0 Å². The molecule has 0 aromatic carbocycles. The third-order valence-electron chi connectivity index (χ3n) is 11.1. The minimum absolute atomic E-state index is 0.00983. The minimum Gasteiger partial charge on any atom is -0.453 e. The number of carbonyl (C=O) groups excluding carboxylic acids is 1. The van der Waals surface area contributed by atoms with E-state index >= 15 is 0 Å². The number of rotatable bonds is 5. The van der Waals surface area contributed by atoms with Crippen molar-refractivity contribution in [2.45, 2.75) is 49.7 Å². The van der Waals surface area contributed by atoms with Gasteiger partial charge in [-0.3, -0.25) is 0 Å². The van der Waals surface area contributed by atoms with E-state index < -0.39 is 17.3 Å². The smallest absolute Gasteiger partial charge is 0.409 e. The monoisotopic (exact) mass is 463 g/mol. The molecule has 5 fully saturated rings. The Labute approximate surface area is 195 Å². The molecule has 33 heavy (non-hydrogen) atoms. The normalized spacial score (nSPS) is 52.2. The molecule has 7 aliphatic rings. The average Bonchev–Trinajstić information content (AvgIpc) is 3.25. The van der Waals surface area contributed by atoms with Crippen LogP contribution in [-0.2, 0) is 23.7 Å². The molecule has 4 saturated carbocycles. The molecule has 6 aliphatic carbocycles. The minimum atomic E-state index is -1.15. The highest BCUT2D eigenvalue weighted by atomic mass is 16.7. The number of likely N-dealkylation sites (tertiary alicyclic amines) is 1. The van der Waals surface area contributed by atoms with Crippen molar-refractivity contribution in [1.29, 1.82) is 0 Å². The maximum absolute atomic E-state index is 13.3. The molecule has 2 spiro atoms. The van der Waals surface area contributed by atoms with E-state index in [-0.39, 0.29) is 46.8 Å². The highest BCUT2D eigenvalue weighted by molar-refractivity contribution is 5.69. The molecular formula is C25H37NO7. The number of hydrogen-bond acceptors (Lipinski definition) is 7. The van der Waals surface area contributed by atoms with Gasteiger partial charge in [0.2, 0.25) is 5.79 Å². The molecule has 0 aromatic rings. The first-order valence-corrected chi connectivity index (χ1v) is 12.2. The largest absolute Gasteiger partial charge is 0.453 e. The second-order valence-electron chi connectivity index (χ2n) is 11.3. The van der Waals surface area contributed by atoms with Crippen LogP contribution in [0.15, 0.2) is 12.2 Å². The van der Waals surface area contributed by atoms with Crippen molar-refractivity contribution in [3.05, 3.63) is 12.2 Å². The zero-order valence-corrected chi connectivity index (χ0v) is 20.3. The van der Waals surface area contributed by atoms with Crippen molar-refractivity contribution >= 4 is 6.09 Å². The van der Waals surface area contributed by atoms with E-state index in [0.717, 1.165) is 25.7 Å². The van der Waals surface area contributed by atoms with Gasteiger partial charge in [-0.2, -0.15) is 0 Å². The number of aliphatic hydroxyl groups is 1. The van der Waals surface area contributed by atoms with Gasteiger partial charge in [-0.1, -0.05) is 12.2 Å². The molecule has 1 heterocycles. The Hall–Kier alpha value is -1.19. The summed E-state index contributed by atoms with van der Waals surface area (Å²) in [6, 6.07) is -0.0615. The van der Waals surface area contributed by atoms with E-state index in [0.29, 0.717) is 19.1 Å². The maximum atomic E-state index is 13.3. The number of aliphatic hydroxyl groups excluding tert-OH is 1. The van der Waals surface area contributed by atoms with Crippen molar-refractivity contribution in [2.24, 2.45) is 39.9 Å². The Balaban J connectivity index is 1.63. The lowest BCUT2D eigenvalue weighted by Gasteiger charge is -2.69. The molecule has 8 heteroatoms. The van der Waals surface area contributed by atoms with Gasteiger partial charge in [0.25, 0.3) is 0 Å². The Morgan fingerprint density at radius 2 is 1.88 bits per heavy atom. The number of piperidine rings is 1. The topological polar surface area (TPSA) is 86.7 Å². The fraction of sp³-hybridized carbons (Fsp3) is 0.880. The highest BCUT2D eigenvalue weighted by Gasteiger charge is 2.89. The molecule has 0 aromatic heterocycles. The number of nitrogens with zero attached hydrogens (tertiary/aromatic N) is 1. The molecule has 1 aliphatic heterocycles. The first-order valence-electron chi connectivity index (χ1n) is 12.2. The summed E-state index contributed by atoms with van der Waals surface area (Å²) in [4.78, 5) is 15.3. The van der Waals surface area contributed by atoms with Crippen molar-refractivity contribution in [2.75, 3.05) is 48.7 Å². The third-order valence-corrected chi connectivity index (χ3v) is 11.1. The van der Waals surface area contributed by atoms with E-state index in [1.807, 2.05) is 12.0 Å². The van der Waals surface area contributed by atoms with E-state index in [9.17, 15) is 9.90 Å². The molecule has 1 amide bonds. The summed E-state index contributed by atoms with van der Waals surface area (Å²) < 4.78 is 29.8. The molecule has 6 unspecified atom stereocenters. The van der Waals surface area contributed by atoms with Gasteiger partial charge in [-0.15, -0.1) is 0 Å². The number of ether oxygens (including phenoxy) is 5. The maximum Gasteiger partial charge on any atom is 0.409 e. The molecule has 1 N–H and O–H groups in total.